The lowest BCUT2D eigenvalue weighted by molar-refractivity contribution is -0.00316. The highest BCUT2D eigenvalue weighted by atomic mass is 32.1. The molecule has 22 heavy (non-hydrogen) atoms. The van der Waals surface area contributed by atoms with Gasteiger partial charge < -0.3 is 10.1 Å². The van der Waals surface area contributed by atoms with Crippen LogP contribution in [0, 0.1) is 5.92 Å². The summed E-state index contributed by atoms with van der Waals surface area (Å²) in [6.45, 7) is 4.34. The van der Waals surface area contributed by atoms with Gasteiger partial charge in [-0.3, -0.25) is 4.90 Å². The molecule has 2 bridgehead atoms. The van der Waals surface area contributed by atoms with Gasteiger partial charge in [0.25, 0.3) is 0 Å². The minimum absolute atomic E-state index is 0.183. The zero-order chi connectivity index (χ0) is 15.3. The normalized spacial score (nSPS) is 29.4. The van der Waals surface area contributed by atoms with Gasteiger partial charge in [0.1, 0.15) is 5.75 Å². The lowest BCUT2D eigenvalue weighted by atomic mass is 9.81. The topological polar surface area (TPSA) is 24.5 Å². The van der Waals surface area contributed by atoms with Gasteiger partial charge >= 0.3 is 0 Å². The van der Waals surface area contributed by atoms with Crippen molar-refractivity contribution in [1.29, 1.82) is 0 Å². The Morgan fingerprint density at radius 1 is 1.09 bits per heavy atom. The van der Waals surface area contributed by atoms with Crippen LogP contribution < -0.4 is 15.0 Å². The number of thiocarbonyl (C=S) groups is 1. The maximum absolute atomic E-state index is 6.44. The minimum Gasteiger partial charge on any atom is -0.467 e. The Kier molecular flexibility index (Phi) is 2.91. The maximum Gasteiger partial charge on any atom is 0.190 e. The third-order valence-corrected chi connectivity index (χ3v) is 5.16. The molecule has 0 aromatic heterocycles. The van der Waals surface area contributed by atoms with Gasteiger partial charge in [-0.2, -0.15) is 0 Å². The number of nitrogens with one attached hydrogen (secondary N) is 1. The fourth-order valence-corrected chi connectivity index (χ4v) is 3.94. The average Bonchev–Trinajstić information content (AvgIpc) is 2.51. The molecule has 2 heterocycles. The van der Waals surface area contributed by atoms with Crippen molar-refractivity contribution in [3.05, 3.63) is 60.2 Å². The first-order valence-electron chi connectivity index (χ1n) is 7.55. The van der Waals surface area contributed by atoms with Crippen molar-refractivity contribution in [2.75, 3.05) is 4.90 Å². The molecule has 2 aliphatic heterocycles. The first kappa shape index (κ1) is 13.6. The van der Waals surface area contributed by atoms with Crippen molar-refractivity contribution in [3.8, 4) is 5.75 Å². The van der Waals surface area contributed by atoms with Crippen molar-refractivity contribution in [2.45, 2.75) is 25.6 Å². The van der Waals surface area contributed by atoms with Crippen LogP contribution in [0.25, 0.3) is 0 Å². The van der Waals surface area contributed by atoms with Gasteiger partial charge in [-0.1, -0.05) is 43.3 Å². The highest BCUT2D eigenvalue weighted by molar-refractivity contribution is 7.80. The van der Waals surface area contributed by atoms with E-state index < -0.39 is 5.72 Å². The van der Waals surface area contributed by atoms with Crippen molar-refractivity contribution < 1.29 is 4.74 Å². The first-order chi connectivity index (χ1) is 10.6. The molecule has 2 aromatic carbocycles. The van der Waals surface area contributed by atoms with Gasteiger partial charge in [0, 0.05) is 17.2 Å². The van der Waals surface area contributed by atoms with Gasteiger partial charge in [-0.15, -0.1) is 0 Å². The quantitative estimate of drug-likeness (QED) is 0.808. The Morgan fingerprint density at radius 3 is 2.55 bits per heavy atom. The summed E-state index contributed by atoms with van der Waals surface area (Å²) in [6.07, 6.45) is 0. The van der Waals surface area contributed by atoms with E-state index in [0.717, 1.165) is 11.4 Å². The van der Waals surface area contributed by atoms with Crippen LogP contribution in [0.15, 0.2) is 54.6 Å². The second-order valence-corrected chi connectivity index (χ2v) is 6.47. The SMILES string of the molecule is CC1C2NC(=S)N(c3ccccc3)C1(C)Oc1ccccc12. The van der Waals surface area contributed by atoms with Crippen molar-refractivity contribution in [1.82, 2.24) is 5.32 Å². The number of fused-ring (bicyclic) bond motifs is 4. The fourth-order valence-electron chi connectivity index (χ4n) is 3.53. The van der Waals surface area contributed by atoms with E-state index in [4.69, 9.17) is 17.0 Å². The molecule has 0 radical (unpaired) electrons. The summed E-state index contributed by atoms with van der Waals surface area (Å²) in [5.41, 5.74) is 1.73. The molecule has 1 N–H and O–H groups in total. The highest BCUT2D eigenvalue weighted by Crippen LogP contribution is 2.48. The lowest BCUT2D eigenvalue weighted by Crippen LogP contribution is -2.69. The molecule has 1 fully saturated rings. The highest BCUT2D eigenvalue weighted by Gasteiger charge is 2.53. The van der Waals surface area contributed by atoms with Gasteiger partial charge in [0.2, 0.25) is 0 Å². The number of benzene rings is 2. The standard InChI is InChI=1S/C18H18N2OS/c1-12-16-14-10-6-7-11-15(14)21-18(12,2)20(17(22)19-16)13-8-4-3-5-9-13/h3-12,16H,1-2H3,(H,19,22). The van der Waals surface area contributed by atoms with Gasteiger partial charge in [0.15, 0.2) is 10.8 Å². The number of ether oxygens (including phenoxy) is 1. The summed E-state index contributed by atoms with van der Waals surface area (Å²) >= 11 is 5.65. The summed E-state index contributed by atoms with van der Waals surface area (Å²) in [7, 11) is 0. The number of para-hydroxylation sites is 2. The lowest BCUT2D eigenvalue weighted by Gasteiger charge is -2.56. The Labute approximate surface area is 135 Å². The van der Waals surface area contributed by atoms with Crippen LogP contribution in [0.4, 0.5) is 5.69 Å². The molecule has 3 nitrogen and oxygen atoms in total. The van der Waals surface area contributed by atoms with Gasteiger partial charge in [-0.25, -0.2) is 0 Å². The van der Waals surface area contributed by atoms with Crippen LogP contribution in [0.3, 0.4) is 0 Å². The zero-order valence-electron chi connectivity index (χ0n) is 12.6. The molecule has 2 aromatic rings. The maximum atomic E-state index is 6.44. The van der Waals surface area contributed by atoms with E-state index in [0.29, 0.717) is 5.11 Å². The number of rotatable bonds is 1. The third-order valence-electron chi connectivity index (χ3n) is 4.86. The number of hydrogen-bond acceptors (Lipinski definition) is 2. The predicted octanol–water partition coefficient (Wildman–Crippen LogP) is 3.87. The number of nitrogens with zero attached hydrogens (tertiary/aromatic N) is 1. The van der Waals surface area contributed by atoms with E-state index in [1.54, 1.807) is 0 Å². The second-order valence-electron chi connectivity index (χ2n) is 6.08. The molecular formula is C18H18N2OS. The Morgan fingerprint density at radius 2 is 1.77 bits per heavy atom. The smallest absolute Gasteiger partial charge is 0.190 e. The van der Waals surface area contributed by atoms with Crippen molar-refractivity contribution in [3.63, 3.8) is 0 Å². The average molecular weight is 310 g/mol. The van der Waals surface area contributed by atoms with E-state index in [2.05, 4.69) is 42.3 Å². The second kappa shape index (κ2) is 4.71. The van der Waals surface area contributed by atoms with E-state index in [1.807, 2.05) is 36.4 Å². The van der Waals surface area contributed by atoms with Gasteiger partial charge in [0.05, 0.1) is 6.04 Å². The first-order valence-corrected chi connectivity index (χ1v) is 7.96. The Bertz CT molecular complexity index is 733. The zero-order valence-corrected chi connectivity index (χ0v) is 13.4. The van der Waals surface area contributed by atoms with Crippen molar-refractivity contribution in [2.24, 2.45) is 5.92 Å². The van der Waals surface area contributed by atoms with Crippen LogP contribution in [-0.4, -0.2) is 10.8 Å². The molecule has 4 heteroatoms. The Hall–Kier alpha value is -2.07. The molecule has 1 saturated heterocycles. The molecule has 4 rings (SSSR count). The molecule has 0 spiro atoms. The Balaban J connectivity index is 1.87. The summed E-state index contributed by atoms with van der Waals surface area (Å²) in [5.74, 6) is 1.19. The van der Waals surface area contributed by atoms with Crippen LogP contribution in [0.5, 0.6) is 5.75 Å². The van der Waals surface area contributed by atoms with Gasteiger partial charge in [-0.05, 0) is 37.3 Å². The van der Waals surface area contributed by atoms with E-state index in [1.165, 1.54) is 5.56 Å². The monoisotopic (exact) mass is 310 g/mol. The largest absolute Gasteiger partial charge is 0.467 e. The third kappa shape index (κ3) is 1.77. The van der Waals surface area contributed by atoms with Crippen LogP contribution >= 0.6 is 12.2 Å². The van der Waals surface area contributed by atoms with E-state index >= 15 is 0 Å². The van der Waals surface area contributed by atoms with Crippen LogP contribution in [0.1, 0.15) is 25.5 Å². The molecule has 3 atom stereocenters. The van der Waals surface area contributed by atoms with Crippen LogP contribution in [0.2, 0.25) is 0 Å². The summed E-state index contributed by atoms with van der Waals surface area (Å²) in [5, 5.41) is 4.22. The summed E-state index contributed by atoms with van der Waals surface area (Å²) in [6, 6.07) is 18.6. The molecule has 2 aliphatic rings. The molecular weight excluding hydrogens is 292 g/mol. The van der Waals surface area contributed by atoms with Crippen LogP contribution in [-0.2, 0) is 0 Å². The minimum atomic E-state index is -0.497. The molecule has 112 valence electrons. The number of hydrogen-bond donors (Lipinski definition) is 1. The fraction of sp³-hybridized carbons (Fsp3) is 0.278. The summed E-state index contributed by atoms with van der Waals surface area (Å²) in [4.78, 5) is 2.10. The molecule has 0 saturated carbocycles. The predicted molar refractivity (Wildman–Crippen MR) is 92.0 cm³/mol. The van der Waals surface area contributed by atoms with E-state index in [-0.39, 0.29) is 12.0 Å². The van der Waals surface area contributed by atoms with Crippen molar-refractivity contribution >= 4 is 23.0 Å². The summed E-state index contributed by atoms with van der Waals surface area (Å²) < 4.78 is 6.44. The molecule has 3 unspecified atom stereocenters. The van der Waals surface area contributed by atoms with E-state index in [9.17, 15) is 0 Å². The molecule has 0 aliphatic carbocycles. The number of anilines is 1. The molecule has 0 amide bonds.